The van der Waals surface area contributed by atoms with E-state index in [-0.39, 0.29) is 0 Å². The molecule has 0 amide bonds. The van der Waals surface area contributed by atoms with Crippen molar-refractivity contribution in [1.82, 2.24) is 15.0 Å². The fourth-order valence-corrected chi connectivity index (χ4v) is 2.73. The highest BCUT2D eigenvalue weighted by molar-refractivity contribution is 5.39. The predicted molar refractivity (Wildman–Crippen MR) is 75.3 cm³/mol. The van der Waals surface area contributed by atoms with Crippen LogP contribution in [0.3, 0.4) is 0 Å². The number of nitrogens with zero attached hydrogens (tertiary/aromatic N) is 3. The van der Waals surface area contributed by atoms with Crippen LogP contribution in [0.15, 0.2) is 24.5 Å². The molecule has 0 aliphatic heterocycles. The Morgan fingerprint density at radius 1 is 1.32 bits per heavy atom. The smallest absolute Gasteiger partial charge is 0.222 e. The number of aryl methyl sites for hydroxylation is 2. The molecule has 1 aliphatic rings. The van der Waals surface area contributed by atoms with Crippen LogP contribution in [0, 0.1) is 6.92 Å². The maximum Gasteiger partial charge on any atom is 0.222 e. The number of rotatable bonds is 3. The molecule has 0 saturated heterocycles. The fraction of sp³-hybridized carbons (Fsp3) is 0.400. The van der Waals surface area contributed by atoms with Crippen LogP contribution in [0.4, 0.5) is 5.95 Å². The normalized spacial score (nSPS) is 17.3. The molecule has 1 atom stereocenters. The minimum absolute atomic E-state index is 0.316. The van der Waals surface area contributed by atoms with E-state index < -0.39 is 0 Å². The van der Waals surface area contributed by atoms with Gasteiger partial charge in [-0.1, -0.05) is 6.07 Å². The first kappa shape index (κ1) is 12.1. The highest BCUT2D eigenvalue weighted by Crippen LogP contribution is 2.36. The molecule has 4 nitrogen and oxygen atoms in total. The van der Waals surface area contributed by atoms with Crippen molar-refractivity contribution in [3.63, 3.8) is 0 Å². The topological polar surface area (TPSA) is 50.7 Å². The van der Waals surface area contributed by atoms with Gasteiger partial charge in [-0.3, -0.25) is 4.98 Å². The van der Waals surface area contributed by atoms with Crippen molar-refractivity contribution in [3.05, 3.63) is 47.0 Å². The summed E-state index contributed by atoms with van der Waals surface area (Å²) in [5.41, 5.74) is 4.80. The Morgan fingerprint density at radius 2 is 2.21 bits per heavy atom. The summed E-state index contributed by atoms with van der Waals surface area (Å²) in [7, 11) is 0. The van der Waals surface area contributed by atoms with Crippen molar-refractivity contribution in [2.45, 2.75) is 32.6 Å². The summed E-state index contributed by atoms with van der Waals surface area (Å²) in [5, 5.41) is 3.18. The standard InChI is InChI=1S/C15H18N4/c1-3-16-15-18-9-10(2)13(19-15)12-7-6-11-5-4-8-17-14(11)12/h4-5,8-9,12H,3,6-7H2,1-2H3,(H,16,18,19). The first-order valence-corrected chi connectivity index (χ1v) is 6.80. The van der Waals surface area contributed by atoms with Crippen LogP contribution >= 0.6 is 0 Å². The van der Waals surface area contributed by atoms with Gasteiger partial charge in [0.25, 0.3) is 0 Å². The average molecular weight is 254 g/mol. The zero-order chi connectivity index (χ0) is 13.2. The quantitative estimate of drug-likeness (QED) is 0.915. The Morgan fingerprint density at radius 3 is 3.05 bits per heavy atom. The van der Waals surface area contributed by atoms with Gasteiger partial charge in [-0.25, -0.2) is 9.97 Å². The average Bonchev–Trinajstić information content (AvgIpc) is 2.85. The van der Waals surface area contributed by atoms with E-state index in [0.717, 1.165) is 30.6 Å². The fourth-order valence-electron chi connectivity index (χ4n) is 2.73. The van der Waals surface area contributed by atoms with Gasteiger partial charge in [-0.15, -0.1) is 0 Å². The van der Waals surface area contributed by atoms with Crippen molar-refractivity contribution in [1.29, 1.82) is 0 Å². The number of aromatic nitrogens is 3. The van der Waals surface area contributed by atoms with Crippen LogP contribution < -0.4 is 5.32 Å². The zero-order valence-electron chi connectivity index (χ0n) is 11.3. The molecule has 0 bridgehead atoms. The minimum atomic E-state index is 0.316. The largest absolute Gasteiger partial charge is 0.354 e. The molecule has 1 aliphatic carbocycles. The third-order valence-corrected chi connectivity index (χ3v) is 3.63. The Bertz CT molecular complexity index is 594. The third kappa shape index (κ3) is 2.18. The second-order valence-corrected chi connectivity index (χ2v) is 4.93. The van der Waals surface area contributed by atoms with Gasteiger partial charge in [0.2, 0.25) is 5.95 Å². The van der Waals surface area contributed by atoms with E-state index in [2.05, 4.69) is 40.2 Å². The highest BCUT2D eigenvalue weighted by atomic mass is 15.1. The van der Waals surface area contributed by atoms with Gasteiger partial charge in [0.15, 0.2) is 0 Å². The lowest BCUT2D eigenvalue weighted by Crippen LogP contribution is -2.09. The summed E-state index contributed by atoms with van der Waals surface area (Å²) in [5.74, 6) is 1.03. The van der Waals surface area contributed by atoms with Crippen LogP contribution in [0.25, 0.3) is 0 Å². The van der Waals surface area contributed by atoms with Crippen molar-refractivity contribution in [3.8, 4) is 0 Å². The molecule has 19 heavy (non-hydrogen) atoms. The third-order valence-electron chi connectivity index (χ3n) is 3.63. The molecule has 0 radical (unpaired) electrons. The van der Waals surface area contributed by atoms with E-state index in [0.29, 0.717) is 11.9 Å². The maximum atomic E-state index is 4.68. The zero-order valence-corrected chi connectivity index (χ0v) is 11.3. The lowest BCUT2D eigenvalue weighted by Gasteiger charge is -2.14. The molecular formula is C15H18N4. The Kier molecular flexibility index (Phi) is 3.15. The summed E-state index contributed by atoms with van der Waals surface area (Å²) >= 11 is 0. The summed E-state index contributed by atoms with van der Waals surface area (Å²) in [4.78, 5) is 13.5. The summed E-state index contributed by atoms with van der Waals surface area (Å²) in [6.07, 6.45) is 5.96. The summed E-state index contributed by atoms with van der Waals surface area (Å²) < 4.78 is 0. The highest BCUT2D eigenvalue weighted by Gasteiger charge is 2.27. The molecule has 0 fully saturated rings. The second-order valence-electron chi connectivity index (χ2n) is 4.93. The van der Waals surface area contributed by atoms with Gasteiger partial charge in [-0.05, 0) is 43.9 Å². The molecule has 0 saturated carbocycles. The Hall–Kier alpha value is -1.97. The predicted octanol–water partition coefficient (Wildman–Crippen LogP) is 2.69. The maximum absolute atomic E-state index is 4.68. The molecule has 98 valence electrons. The number of pyridine rings is 1. The summed E-state index contributed by atoms with van der Waals surface area (Å²) in [6, 6.07) is 4.18. The second kappa shape index (κ2) is 4.96. The van der Waals surface area contributed by atoms with Gasteiger partial charge >= 0.3 is 0 Å². The van der Waals surface area contributed by atoms with Crippen LogP contribution in [0.2, 0.25) is 0 Å². The number of fused-ring (bicyclic) bond motifs is 1. The van der Waals surface area contributed by atoms with E-state index in [1.807, 2.05) is 18.5 Å². The lowest BCUT2D eigenvalue weighted by atomic mass is 9.99. The molecule has 3 rings (SSSR count). The number of hydrogen-bond acceptors (Lipinski definition) is 4. The van der Waals surface area contributed by atoms with E-state index in [1.54, 1.807) is 0 Å². The van der Waals surface area contributed by atoms with Crippen molar-refractivity contribution >= 4 is 5.95 Å². The van der Waals surface area contributed by atoms with E-state index >= 15 is 0 Å². The van der Waals surface area contributed by atoms with Crippen molar-refractivity contribution < 1.29 is 0 Å². The molecule has 0 aromatic carbocycles. The molecule has 0 spiro atoms. The molecule has 2 aromatic heterocycles. The molecule has 4 heteroatoms. The lowest BCUT2D eigenvalue weighted by molar-refractivity contribution is 0.735. The van der Waals surface area contributed by atoms with Crippen LogP contribution in [0.1, 0.15) is 41.8 Å². The van der Waals surface area contributed by atoms with Crippen molar-refractivity contribution in [2.75, 3.05) is 11.9 Å². The van der Waals surface area contributed by atoms with Gasteiger partial charge < -0.3 is 5.32 Å². The molecular weight excluding hydrogens is 236 g/mol. The SMILES string of the molecule is CCNc1ncc(C)c(C2CCc3cccnc32)n1. The van der Waals surface area contributed by atoms with Crippen molar-refractivity contribution in [2.24, 2.45) is 0 Å². The number of nitrogens with one attached hydrogen (secondary N) is 1. The number of anilines is 1. The van der Waals surface area contributed by atoms with Crippen LogP contribution in [-0.2, 0) is 6.42 Å². The molecule has 2 aromatic rings. The van der Waals surface area contributed by atoms with E-state index in [4.69, 9.17) is 0 Å². The first-order chi connectivity index (χ1) is 9.29. The van der Waals surface area contributed by atoms with Gasteiger partial charge in [0, 0.05) is 24.9 Å². The molecule has 1 N–H and O–H groups in total. The molecule has 1 unspecified atom stereocenters. The monoisotopic (exact) mass is 254 g/mol. The first-order valence-electron chi connectivity index (χ1n) is 6.80. The van der Waals surface area contributed by atoms with Crippen LogP contribution in [0.5, 0.6) is 0 Å². The van der Waals surface area contributed by atoms with E-state index in [9.17, 15) is 0 Å². The molecule has 2 heterocycles. The minimum Gasteiger partial charge on any atom is -0.354 e. The number of hydrogen-bond donors (Lipinski definition) is 1. The van der Waals surface area contributed by atoms with E-state index in [1.165, 1.54) is 11.3 Å². The van der Waals surface area contributed by atoms with Crippen LogP contribution in [-0.4, -0.2) is 21.5 Å². The van der Waals surface area contributed by atoms with Gasteiger partial charge in [0.1, 0.15) is 0 Å². The Balaban J connectivity index is 2.01. The van der Waals surface area contributed by atoms with Gasteiger partial charge in [0.05, 0.1) is 11.4 Å². The van der Waals surface area contributed by atoms with Gasteiger partial charge in [-0.2, -0.15) is 0 Å². The Labute approximate surface area is 113 Å². The summed E-state index contributed by atoms with van der Waals surface area (Å²) in [6.45, 7) is 4.96.